The lowest BCUT2D eigenvalue weighted by Gasteiger charge is -1.83. The van der Waals surface area contributed by atoms with Gasteiger partial charge in [-0.05, 0) is 22.1 Å². The van der Waals surface area contributed by atoms with Gasteiger partial charge in [-0.25, -0.2) is 0 Å². The highest BCUT2D eigenvalue weighted by atomic mass is 31.1. The van der Waals surface area contributed by atoms with Crippen LogP contribution in [0.4, 0.5) is 0 Å². The third-order valence-corrected chi connectivity index (χ3v) is 1.46. The van der Waals surface area contributed by atoms with Crippen LogP contribution in [-0.2, 0) is 4.57 Å². The van der Waals surface area contributed by atoms with Crippen LogP contribution in [-0.4, -0.2) is 9.88 Å². The van der Waals surface area contributed by atoms with E-state index >= 15 is 0 Å². The van der Waals surface area contributed by atoms with Gasteiger partial charge in [-0.15, -0.1) is 0 Å². The summed E-state index contributed by atoms with van der Waals surface area (Å²) in [5, 5.41) is 1.28. The topological polar surface area (TPSA) is 53.1 Å². The molecule has 0 aliphatic heterocycles. The third-order valence-electron chi connectivity index (χ3n) is 1.46. The molecule has 0 saturated heterocycles. The monoisotopic (exact) mass is 182 g/mol. The molecular weight excluding hydrogens is 173 g/mol. The Balaban J connectivity index is 0.000000213. The number of fused-ring (bicyclic) bond motifs is 1. The Morgan fingerprint density at radius 3 is 2.58 bits per heavy atom. The molecule has 4 heteroatoms. The second kappa shape index (κ2) is 4.65. The van der Waals surface area contributed by atoms with Gasteiger partial charge >= 0.3 is 8.69 Å². The average molecular weight is 182 g/mol. The van der Waals surface area contributed by atoms with E-state index in [-0.39, 0.29) is 0 Å². The molecule has 2 N–H and O–H groups in total. The molecule has 1 aromatic heterocycles. The summed E-state index contributed by atoms with van der Waals surface area (Å²) in [6.07, 6.45) is 1.95. The maximum atomic E-state index is 8.51. The van der Waals surface area contributed by atoms with E-state index < -0.39 is 8.69 Å². The lowest BCUT2D eigenvalue weighted by atomic mass is 10.3. The maximum absolute atomic E-state index is 8.51. The number of rotatable bonds is 0. The van der Waals surface area contributed by atoms with E-state index in [1.54, 1.807) is 0 Å². The van der Waals surface area contributed by atoms with Crippen molar-refractivity contribution in [3.63, 3.8) is 0 Å². The molecule has 0 spiro atoms. The first kappa shape index (κ1) is 8.91. The standard InChI is InChI=1S/C8H7N.HO2P/c1-2-4-8-7(3-1)5-6-9-8;1-3-2/h1-6,9H;3H/p+1. The van der Waals surface area contributed by atoms with Crippen LogP contribution in [0.25, 0.3) is 10.9 Å². The van der Waals surface area contributed by atoms with Gasteiger partial charge < -0.3 is 4.98 Å². The number of hydrogen-bond acceptors (Lipinski definition) is 1. The molecule has 0 saturated carbocycles. The van der Waals surface area contributed by atoms with Crippen molar-refractivity contribution in [2.24, 2.45) is 0 Å². The van der Waals surface area contributed by atoms with Crippen LogP contribution in [0.5, 0.6) is 0 Å². The van der Waals surface area contributed by atoms with Crippen molar-refractivity contribution in [1.82, 2.24) is 4.98 Å². The molecule has 1 heterocycles. The molecule has 0 fully saturated rings. The Hall–Kier alpha value is -1.18. The van der Waals surface area contributed by atoms with Crippen LogP contribution in [0.1, 0.15) is 0 Å². The molecule has 2 rings (SSSR count). The van der Waals surface area contributed by atoms with Gasteiger partial charge in [0.15, 0.2) is 0 Å². The molecule has 0 aliphatic carbocycles. The van der Waals surface area contributed by atoms with Gasteiger partial charge in [0.25, 0.3) is 0 Å². The van der Waals surface area contributed by atoms with E-state index in [0.717, 1.165) is 0 Å². The predicted molar refractivity (Wildman–Crippen MR) is 49.5 cm³/mol. The van der Waals surface area contributed by atoms with Crippen LogP contribution in [0, 0.1) is 0 Å². The first-order valence-electron chi connectivity index (χ1n) is 3.42. The molecule has 1 aromatic carbocycles. The van der Waals surface area contributed by atoms with Gasteiger partial charge in [0.1, 0.15) is 0 Å². The van der Waals surface area contributed by atoms with E-state index in [0.29, 0.717) is 0 Å². The lowest BCUT2D eigenvalue weighted by Crippen LogP contribution is -1.61. The van der Waals surface area contributed by atoms with Crippen LogP contribution < -0.4 is 0 Å². The minimum absolute atomic E-state index is 1.17. The van der Waals surface area contributed by atoms with Crippen LogP contribution >= 0.6 is 8.69 Å². The van der Waals surface area contributed by atoms with Crippen LogP contribution in [0.3, 0.4) is 0 Å². The van der Waals surface area contributed by atoms with Gasteiger partial charge in [-0.1, -0.05) is 18.2 Å². The molecule has 12 heavy (non-hydrogen) atoms. The first-order valence-corrected chi connectivity index (χ1v) is 4.27. The van der Waals surface area contributed by atoms with Gasteiger partial charge in [-0.2, -0.15) is 4.89 Å². The zero-order valence-corrected chi connectivity index (χ0v) is 7.32. The average Bonchev–Trinajstić information content (AvgIpc) is 2.52. The highest BCUT2D eigenvalue weighted by molar-refractivity contribution is 7.16. The normalized spacial score (nSPS) is 9.42. The van der Waals surface area contributed by atoms with Crippen LogP contribution in [0.15, 0.2) is 36.5 Å². The largest absolute Gasteiger partial charge is 0.491 e. The molecule has 0 radical (unpaired) electrons. The van der Waals surface area contributed by atoms with E-state index in [2.05, 4.69) is 23.2 Å². The van der Waals surface area contributed by atoms with Crippen molar-refractivity contribution < 1.29 is 9.46 Å². The zero-order valence-electron chi connectivity index (χ0n) is 6.32. The Bertz CT molecular complexity index is 328. The second-order valence-electron chi connectivity index (χ2n) is 2.16. The highest BCUT2D eigenvalue weighted by Gasteiger charge is 1.86. The Kier molecular flexibility index (Phi) is 3.45. The van der Waals surface area contributed by atoms with E-state index in [9.17, 15) is 0 Å². The molecule has 0 aliphatic rings. The highest BCUT2D eigenvalue weighted by Crippen LogP contribution is 2.09. The summed E-state index contributed by atoms with van der Waals surface area (Å²) in [7, 11) is -1.17. The SMILES string of the molecule is O=[PH+]O.c1ccc2[nH]ccc2c1. The van der Waals surface area contributed by atoms with Gasteiger partial charge in [0, 0.05) is 11.7 Å². The molecule has 1 unspecified atom stereocenters. The van der Waals surface area contributed by atoms with Gasteiger partial charge in [-0.3, -0.25) is 0 Å². The first-order chi connectivity index (χ1) is 5.88. The molecule has 1 atom stereocenters. The fraction of sp³-hybridized carbons (Fsp3) is 0. The summed E-state index contributed by atoms with van der Waals surface area (Å²) in [6, 6.07) is 10.3. The Morgan fingerprint density at radius 2 is 1.92 bits per heavy atom. The van der Waals surface area contributed by atoms with E-state index in [1.807, 2.05) is 18.3 Å². The molecule has 0 amide bonds. The quantitative estimate of drug-likeness (QED) is 0.613. The van der Waals surface area contributed by atoms with E-state index in [1.165, 1.54) is 10.9 Å². The van der Waals surface area contributed by atoms with Crippen molar-refractivity contribution in [2.75, 3.05) is 0 Å². The predicted octanol–water partition coefficient (Wildman–Crippen LogP) is 2.09. The number of hydrogen-bond donors (Lipinski definition) is 2. The molecular formula is C8H9NO2P+. The number of para-hydroxylation sites is 1. The fourth-order valence-corrected chi connectivity index (χ4v) is 0.995. The minimum Gasteiger partial charge on any atom is -0.361 e. The van der Waals surface area contributed by atoms with Crippen LogP contribution in [0.2, 0.25) is 0 Å². The summed E-state index contributed by atoms with van der Waals surface area (Å²) in [5.74, 6) is 0. The number of benzene rings is 1. The van der Waals surface area contributed by atoms with E-state index in [4.69, 9.17) is 9.46 Å². The summed E-state index contributed by atoms with van der Waals surface area (Å²) >= 11 is 0. The molecule has 2 aromatic rings. The number of aromatic amines is 1. The van der Waals surface area contributed by atoms with Crippen molar-refractivity contribution in [1.29, 1.82) is 0 Å². The fourth-order valence-electron chi connectivity index (χ4n) is 0.995. The van der Waals surface area contributed by atoms with Crippen molar-refractivity contribution in [3.8, 4) is 0 Å². The Labute approximate surface area is 71.3 Å². The smallest absolute Gasteiger partial charge is 0.361 e. The number of H-pyrrole nitrogens is 1. The summed E-state index contributed by atoms with van der Waals surface area (Å²) in [6.45, 7) is 0. The summed E-state index contributed by atoms with van der Waals surface area (Å²) < 4.78 is 8.51. The number of aromatic nitrogens is 1. The third kappa shape index (κ3) is 2.16. The summed E-state index contributed by atoms with van der Waals surface area (Å²) in [5.41, 5.74) is 1.21. The molecule has 0 bridgehead atoms. The molecule has 62 valence electrons. The van der Waals surface area contributed by atoms with Crippen molar-refractivity contribution in [3.05, 3.63) is 36.5 Å². The molecule has 3 nitrogen and oxygen atoms in total. The van der Waals surface area contributed by atoms with Gasteiger partial charge in [0.05, 0.1) is 0 Å². The van der Waals surface area contributed by atoms with Crippen molar-refractivity contribution >= 4 is 19.6 Å². The Morgan fingerprint density at radius 1 is 1.25 bits per heavy atom. The second-order valence-corrected chi connectivity index (χ2v) is 2.34. The van der Waals surface area contributed by atoms with Crippen molar-refractivity contribution in [2.45, 2.75) is 0 Å². The summed E-state index contributed by atoms with van der Waals surface area (Å²) in [4.78, 5) is 10.2. The maximum Gasteiger partial charge on any atom is 0.491 e. The minimum atomic E-state index is -1.17. The van der Waals surface area contributed by atoms with Gasteiger partial charge in [0.2, 0.25) is 0 Å². The zero-order chi connectivity index (χ0) is 8.81. The lowest BCUT2D eigenvalue weighted by molar-refractivity contribution is 0.524. The number of nitrogens with one attached hydrogen (secondary N) is 1.